The standard InChI is InChI=1S/C12H14BrClINO2/c1-18-7-6-16(5-4-13)12(17)10-8-9(14)2-3-11(10)15/h2-3,8H,4-7H2,1H3. The third-order valence-electron chi connectivity index (χ3n) is 2.37. The van der Waals surface area contributed by atoms with Crippen molar-refractivity contribution in [1.82, 2.24) is 4.90 Å². The van der Waals surface area contributed by atoms with E-state index >= 15 is 0 Å². The van der Waals surface area contributed by atoms with E-state index in [0.717, 1.165) is 8.90 Å². The Morgan fingerprint density at radius 3 is 2.83 bits per heavy atom. The Hall–Kier alpha value is 0.150. The van der Waals surface area contributed by atoms with E-state index < -0.39 is 0 Å². The van der Waals surface area contributed by atoms with Crippen LogP contribution in [0.15, 0.2) is 18.2 Å². The zero-order valence-corrected chi connectivity index (χ0v) is 14.5. The summed E-state index contributed by atoms with van der Waals surface area (Å²) in [7, 11) is 1.62. The second kappa shape index (κ2) is 8.35. The van der Waals surface area contributed by atoms with Gasteiger partial charge in [0.2, 0.25) is 0 Å². The molecule has 1 aromatic carbocycles. The van der Waals surface area contributed by atoms with Gasteiger partial charge in [-0.25, -0.2) is 0 Å². The number of methoxy groups -OCH3 is 1. The predicted molar refractivity (Wildman–Crippen MR) is 85.7 cm³/mol. The minimum absolute atomic E-state index is 0.0154. The molecule has 0 bridgehead atoms. The van der Waals surface area contributed by atoms with Crippen LogP contribution in [0, 0.1) is 3.57 Å². The van der Waals surface area contributed by atoms with Crippen LogP contribution in [-0.2, 0) is 4.74 Å². The SMILES string of the molecule is COCCN(CCBr)C(=O)c1cc(Cl)ccc1I. The zero-order chi connectivity index (χ0) is 13.5. The van der Waals surface area contributed by atoms with Crippen molar-refractivity contribution in [1.29, 1.82) is 0 Å². The monoisotopic (exact) mass is 445 g/mol. The number of carbonyl (C=O) groups is 1. The number of amides is 1. The molecule has 0 spiro atoms. The molecule has 0 aliphatic carbocycles. The molecule has 0 atom stereocenters. The number of alkyl halides is 1. The first-order valence-electron chi connectivity index (χ1n) is 5.39. The number of halogens is 3. The van der Waals surface area contributed by atoms with Crippen molar-refractivity contribution in [2.45, 2.75) is 0 Å². The minimum atomic E-state index is -0.0154. The smallest absolute Gasteiger partial charge is 0.255 e. The van der Waals surface area contributed by atoms with E-state index in [-0.39, 0.29) is 5.91 Å². The van der Waals surface area contributed by atoms with Crippen molar-refractivity contribution in [3.8, 4) is 0 Å². The lowest BCUT2D eigenvalue weighted by molar-refractivity contribution is 0.0708. The minimum Gasteiger partial charge on any atom is -0.383 e. The molecule has 0 aromatic heterocycles. The largest absolute Gasteiger partial charge is 0.383 e. The Labute approximate surface area is 134 Å². The van der Waals surface area contributed by atoms with E-state index in [9.17, 15) is 4.79 Å². The quantitative estimate of drug-likeness (QED) is 0.495. The second-order valence-electron chi connectivity index (χ2n) is 3.60. The van der Waals surface area contributed by atoms with Gasteiger partial charge >= 0.3 is 0 Å². The van der Waals surface area contributed by atoms with Gasteiger partial charge in [0.25, 0.3) is 5.91 Å². The fourth-order valence-corrected chi connectivity index (χ4v) is 2.62. The molecule has 3 nitrogen and oxygen atoms in total. The van der Waals surface area contributed by atoms with Gasteiger partial charge in [-0.05, 0) is 40.8 Å². The van der Waals surface area contributed by atoms with Gasteiger partial charge in [0.1, 0.15) is 0 Å². The fraction of sp³-hybridized carbons (Fsp3) is 0.417. The number of hydrogen-bond donors (Lipinski definition) is 0. The van der Waals surface area contributed by atoms with Crippen molar-refractivity contribution in [3.05, 3.63) is 32.4 Å². The van der Waals surface area contributed by atoms with Gasteiger partial charge in [0, 0.05) is 34.1 Å². The average molecular weight is 447 g/mol. The molecular formula is C12H14BrClINO2. The average Bonchev–Trinajstić information content (AvgIpc) is 2.36. The Bertz CT molecular complexity index is 417. The Kier molecular flexibility index (Phi) is 7.51. The molecule has 6 heteroatoms. The Balaban J connectivity index is 2.90. The van der Waals surface area contributed by atoms with Crippen LogP contribution in [0.3, 0.4) is 0 Å². The molecular weight excluding hydrogens is 432 g/mol. The highest BCUT2D eigenvalue weighted by atomic mass is 127. The molecule has 1 amide bonds. The van der Waals surface area contributed by atoms with Gasteiger partial charge in [-0.2, -0.15) is 0 Å². The summed E-state index contributed by atoms with van der Waals surface area (Å²) in [5.74, 6) is -0.0154. The molecule has 0 radical (unpaired) electrons. The molecule has 0 saturated carbocycles. The number of hydrogen-bond acceptors (Lipinski definition) is 2. The fourth-order valence-electron chi connectivity index (χ4n) is 1.45. The third kappa shape index (κ3) is 4.68. The predicted octanol–water partition coefficient (Wildman–Crippen LogP) is 3.43. The summed E-state index contributed by atoms with van der Waals surface area (Å²) in [4.78, 5) is 14.2. The lowest BCUT2D eigenvalue weighted by atomic mass is 10.2. The summed E-state index contributed by atoms with van der Waals surface area (Å²) in [6.45, 7) is 1.74. The maximum absolute atomic E-state index is 12.4. The van der Waals surface area contributed by atoms with Gasteiger partial charge in [0.05, 0.1) is 12.2 Å². The molecule has 0 aliphatic heterocycles. The molecule has 0 aliphatic rings. The van der Waals surface area contributed by atoms with Crippen LogP contribution < -0.4 is 0 Å². The van der Waals surface area contributed by atoms with E-state index in [1.807, 2.05) is 6.07 Å². The van der Waals surface area contributed by atoms with Gasteiger partial charge in [0.15, 0.2) is 0 Å². The van der Waals surface area contributed by atoms with Crippen LogP contribution in [-0.4, -0.2) is 42.9 Å². The lowest BCUT2D eigenvalue weighted by Crippen LogP contribution is -2.35. The van der Waals surface area contributed by atoms with Crippen molar-refractivity contribution < 1.29 is 9.53 Å². The van der Waals surface area contributed by atoms with E-state index in [4.69, 9.17) is 16.3 Å². The van der Waals surface area contributed by atoms with Crippen molar-refractivity contribution in [2.24, 2.45) is 0 Å². The van der Waals surface area contributed by atoms with E-state index in [1.54, 1.807) is 24.1 Å². The van der Waals surface area contributed by atoms with Crippen LogP contribution in [0.2, 0.25) is 5.02 Å². The Morgan fingerprint density at radius 2 is 2.22 bits per heavy atom. The number of carbonyl (C=O) groups excluding carboxylic acids is 1. The van der Waals surface area contributed by atoms with Crippen LogP contribution >= 0.6 is 50.1 Å². The van der Waals surface area contributed by atoms with E-state index in [1.165, 1.54) is 0 Å². The summed E-state index contributed by atoms with van der Waals surface area (Å²) in [5.41, 5.74) is 0.639. The van der Waals surface area contributed by atoms with Gasteiger partial charge in [-0.15, -0.1) is 0 Å². The summed E-state index contributed by atoms with van der Waals surface area (Å²) in [6.07, 6.45) is 0. The summed E-state index contributed by atoms with van der Waals surface area (Å²) < 4.78 is 5.92. The highest BCUT2D eigenvalue weighted by Crippen LogP contribution is 2.19. The highest BCUT2D eigenvalue weighted by Gasteiger charge is 2.17. The van der Waals surface area contributed by atoms with Crippen LogP contribution in [0.25, 0.3) is 0 Å². The normalized spacial score (nSPS) is 10.4. The molecule has 1 rings (SSSR count). The van der Waals surface area contributed by atoms with Crippen LogP contribution in [0.1, 0.15) is 10.4 Å². The molecule has 0 saturated heterocycles. The molecule has 0 heterocycles. The first-order valence-corrected chi connectivity index (χ1v) is 7.97. The van der Waals surface area contributed by atoms with Crippen molar-refractivity contribution in [3.63, 3.8) is 0 Å². The van der Waals surface area contributed by atoms with E-state index in [2.05, 4.69) is 38.5 Å². The van der Waals surface area contributed by atoms with E-state index in [0.29, 0.717) is 30.3 Å². The number of ether oxygens (including phenoxy) is 1. The molecule has 0 unspecified atom stereocenters. The third-order valence-corrected chi connectivity index (χ3v) is 3.90. The number of nitrogens with zero attached hydrogens (tertiary/aromatic N) is 1. The molecule has 0 N–H and O–H groups in total. The van der Waals surface area contributed by atoms with Gasteiger partial charge in [-0.1, -0.05) is 27.5 Å². The Morgan fingerprint density at radius 1 is 1.50 bits per heavy atom. The molecule has 0 fully saturated rings. The van der Waals surface area contributed by atoms with Gasteiger partial charge < -0.3 is 9.64 Å². The molecule has 100 valence electrons. The second-order valence-corrected chi connectivity index (χ2v) is 5.99. The summed E-state index contributed by atoms with van der Waals surface area (Å²) >= 11 is 11.4. The van der Waals surface area contributed by atoms with Crippen molar-refractivity contribution >= 4 is 56.0 Å². The first-order chi connectivity index (χ1) is 8.60. The van der Waals surface area contributed by atoms with Gasteiger partial charge in [-0.3, -0.25) is 4.79 Å². The van der Waals surface area contributed by atoms with Crippen LogP contribution in [0.4, 0.5) is 0 Å². The topological polar surface area (TPSA) is 29.5 Å². The molecule has 1 aromatic rings. The maximum atomic E-state index is 12.4. The number of rotatable bonds is 6. The van der Waals surface area contributed by atoms with Crippen molar-refractivity contribution in [2.75, 3.05) is 32.1 Å². The van der Waals surface area contributed by atoms with Crippen LogP contribution in [0.5, 0.6) is 0 Å². The number of benzene rings is 1. The molecule has 18 heavy (non-hydrogen) atoms. The lowest BCUT2D eigenvalue weighted by Gasteiger charge is -2.22. The summed E-state index contributed by atoms with van der Waals surface area (Å²) in [6, 6.07) is 5.34. The summed E-state index contributed by atoms with van der Waals surface area (Å²) in [5, 5.41) is 1.31. The maximum Gasteiger partial charge on any atom is 0.255 e. The first kappa shape index (κ1) is 16.2. The highest BCUT2D eigenvalue weighted by molar-refractivity contribution is 14.1. The zero-order valence-electron chi connectivity index (χ0n) is 9.96.